The molecule has 10 heteroatoms. The van der Waals surface area contributed by atoms with Crippen molar-refractivity contribution in [3.05, 3.63) is 47.2 Å². The van der Waals surface area contributed by atoms with E-state index in [9.17, 15) is 14.4 Å². The smallest absolute Gasteiger partial charge is 0.322 e. The number of aliphatic carboxylic acids is 1. The molecule has 0 aromatic heterocycles. The van der Waals surface area contributed by atoms with Gasteiger partial charge in [-0.2, -0.15) is 0 Å². The highest BCUT2D eigenvalue weighted by Gasteiger charge is 2.28. The molecule has 0 spiro atoms. The van der Waals surface area contributed by atoms with Crippen molar-refractivity contribution in [3.8, 4) is 28.7 Å². The molecular weight excluding hydrogens is 422 g/mol. The van der Waals surface area contributed by atoms with Crippen LogP contribution in [-0.4, -0.2) is 57.2 Å². The first-order valence-corrected chi connectivity index (χ1v) is 9.36. The molecule has 3 rings (SSSR count). The van der Waals surface area contributed by atoms with Crippen LogP contribution in [0.15, 0.2) is 36.1 Å². The number of hydrogen-bond acceptors (Lipinski definition) is 8. The summed E-state index contributed by atoms with van der Waals surface area (Å²) >= 11 is 0. The standard InChI is InChI=1S/C22H21NO9/c1-28-15-7-4-12(21(29-2)22(15)30-3)8-17-20(27)14-6-5-13(9-16(14)32-17)31-11-18(24)23-10-19(25)26/h4-9H,10-11H2,1-3H3,(H,23,24)(H,25,26)/b17-8-. The van der Waals surface area contributed by atoms with Gasteiger partial charge in [0.05, 0.1) is 26.9 Å². The maximum Gasteiger partial charge on any atom is 0.322 e. The van der Waals surface area contributed by atoms with Crippen molar-refractivity contribution in [2.24, 2.45) is 0 Å². The van der Waals surface area contributed by atoms with Crippen LogP contribution >= 0.6 is 0 Å². The van der Waals surface area contributed by atoms with Crippen molar-refractivity contribution in [1.82, 2.24) is 5.32 Å². The number of nitrogens with one attached hydrogen (secondary N) is 1. The summed E-state index contributed by atoms with van der Waals surface area (Å²) in [6, 6.07) is 7.91. The molecule has 2 aromatic carbocycles. The van der Waals surface area contributed by atoms with Crippen LogP contribution in [0.5, 0.6) is 28.7 Å². The Bertz CT molecular complexity index is 1090. The third-order valence-corrected chi connectivity index (χ3v) is 4.47. The van der Waals surface area contributed by atoms with Gasteiger partial charge in [-0.3, -0.25) is 14.4 Å². The van der Waals surface area contributed by atoms with Crippen LogP contribution in [0.2, 0.25) is 0 Å². The molecule has 2 N–H and O–H groups in total. The minimum Gasteiger partial charge on any atom is -0.493 e. The van der Waals surface area contributed by atoms with Crippen molar-refractivity contribution in [3.63, 3.8) is 0 Å². The minimum absolute atomic E-state index is 0.0712. The number of carbonyl (C=O) groups is 3. The summed E-state index contributed by atoms with van der Waals surface area (Å²) in [4.78, 5) is 34.8. The number of ether oxygens (including phenoxy) is 5. The number of carboxylic acids is 1. The lowest BCUT2D eigenvalue weighted by molar-refractivity contribution is -0.138. The molecule has 0 aliphatic carbocycles. The number of carbonyl (C=O) groups excluding carboxylic acids is 2. The van der Waals surface area contributed by atoms with Crippen LogP contribution < -0.4 is 29.0 Å². The first-order chi connectivity index (χ1) is 15.4. The van der Waals surface area contributed by atoms with Crippen molar-refractivity contribution in [2.75, 3.05) is 34.5 Å². The Morgan fingerprint density at radius 2 is 1.81 bits per heavy atom. The van der Waals surface area contributed by atoms with E-state index in [0.29, 0.717) is 28.4 Å². The molecule has 0 unspecified atom stereocenters. The topological polar surface area (TPSA) is 130 Å². The normalized spacial score (nSPS) is 13.2. The zero-order valence-electron chi connectivity index (χ0n) is 17.6. The highest BCUT2D eigenvalue weighted by atomic mass is 16.5. The van der Waals surface area contributed by atoms with Gasteiger partial charge in [0.1, 0.15) is 18.0 Å². The van der Waals surface area contributed by atoms with Gasteiger partial charge < -0.3 is 34.1 Å². The predicted octanol–water partition coefficient (Wildman–Crippen LogP) is 1.91. The molecule has 0 bridgehead atoms. The first-order valence-electron chi connectivity index (χ1n) is 9.36. The number of benzene rings is 2. The lowest BCUT2D eigenvalue weighted by atomic mass is 10.1. The van der Waals surface area contributed by atoms with Crippen LogP contribution in [0.1, 0.15) is 15.9 Å². The van der Waals surface area contributed by atoms with Gasteiger partial charge in [-0.15, -0.1) is 0 Å². The number of methoxy groups -OCH3 is 3. The van der Waals surface area contributed by atoms with Gasteiger partial charge in [0.25, 0.3) is 5.91 Å². The average Bonchev–Trinajstić information content (AvgIpc) is 3.10. The Labute approximate surface area is 183 Å². The molecule has 2 aromatic rings. The molecule has 1 heterocycles. The molecule has 0 saturated heterocycles. The minimum atomic E-state index is -1.16. The zero-order valence-corrected chi connectivity index (χ0v) is 17.6. The number of ketones is 1. The van der Waals surface area contributed by atoms with E-state index in [0.717, 1.165) is 0 Å². The fourth-order valence-corrected chi connectivity index (χ4v) is 3.01. The van der Waals surface area contributed by atoms with Crippen LogP contribution in [0.3, 0.4) is 0 Å². The van der Waals surface area contributed by atoms with E-state index < -0.39 is 18.4 Å². The van der Waals surface area contributed by atoms with Gasteiger partial charge >= 0.3 is 5.97 Å². The summed E-state index contributed by atoms with van der Waals surface area (Å²) in [5.41, 5.74) is 0.881. The van der Waals surface area contributed by atoms with Gasteiger partial charge in [-0.25, -0.2) is 0 Å². The van der Waals surface area contributed by atoms with E-state index in [1.54, 1.807) is 12.1 Å². The zero-order chi connectivity index (χ0) is 23.3. The monoisotopic (exact) mass is 443 g/mol. The highest BCUT2D eigenvalue weighted by Crippen LogP contribution is 2.42. The molecule has 0 fully saturated rings. The molecule has 32 heavy (non-hydrogen) atoms. The van der Waals surface area contributed by atoms with Gasteiger partial charge in [-0.1, -0.05) is 0 Å². The third-order valence-electron chi connectivity index (χ3n) is 4.47. The second kappa shape index (κ2) is 9.73. The van der Waals surface area contributed by atoms with Gasteiger partial charge in [-0.05, 0) is 30.3 Å². The fraction of sp³-hybridized carbons (Fsp3) is 0.227. The number of hydrogen-bond donors (Lipinski definition) is 2. The summed E-state index contributed by atoms with van der Waals surface area (Å²) in [6.07, 6.45) is 1.53. The maximum absolute atomic E-state index is 12.8. The van der Waals surface area contributed by atoms with Gasteiger partial charge in [0.15, 0.2) is 23.9 Å². The molecule has 1 amide bonds. The van der Waals surface area contributed by atoms with E-state index >= 15 is 0 Å². The Hall–Kier alpha value is -4.21. The van der Waals surface area contributed by atoms with Gasteiger partial charge in [0.2, 0.25) is 11.5 Å². The van der Waals surface area contributed by atoms with Crippen LogP contribution in [-0.2, 0) is 9.59 Å². The van der Waals surface area contributed by atoms with Crippen molar-refractivity contribution < 1.29 is 43.2 Å². The highest BCUT2D eigenvalue weighted by molar-refractivity contribution is 6.14. The lowest BCUT2D eigenvalue weighted by Gasteiger charge is -2.14. The Balaban J connectivity index is 1.79. The number of fused-ring (bicyclic) bond motifs is 1. The molecule has 0 atom stereocenters. The summed E-state index contributed by atoms with van der Waals surface area (Å²) in [5.74, 6) is -0.227. The number of allylic oxidation sites excluding steroid dienone is 1. The quantitative estimate of drug-likeness (QED) is 0.558. The van der Waals surface area contributed by atoms with E-state index in [2.05, 4.69) is 5.32 Å². The third kappa shape index (κ3) is 4.75. The first kappa shape index (κ1) is 22.5. The number of carboxylic acid groups (broad SMARTS) is 1. The molecule has 0 saturated carbocycles. The molecule has 1 aliphatic rings. The second-order valence-electron chi connectivity index (χ2n) is 6.48. The Morgan fingerprint density at radius 3 is 2.47 bits per heavy atom. The Kier molecular flexibility index (Phi) is 6.83. The predicted molar refractivity (Wildman–Crippen MR) is 112 cm³/mol. The van der Waals surface area contributed by atoms with Crippen molar-refractivity contribution >= 4 is 23.7 Å². The SMILES string of the molecule is COc1ccc(/C=C2\Oc3cc(OCC(=O)NCC(=O)O)ccc3C2=O)c(OC)c1OC. The summed E-state index contributed by atoms with van der Waals surface area (Å²) in [6.45, 7) is -0.886. The largest absolute Gasteiger partial charge is 0.493 e. The average molecular weight is 443 g/mol. The molecule has 168 valence electrons. The van der Waals surface area contributed by atoms with E-state index in [-0.39, 0.29) is 29.6 Å². The summed E-state index contributed by atoms with van der Waals surface area (Å²) in [5, 5.41) is 10.8. The van der Waals surface area contributed by atoms with Crippen molar-refractivity contribution in [2.45, 2.75) is 0 Å². The summed E-state index contributed by atoms with van der Waals surface area (Å²) < 4.78 is 27.1. The van der Waals surface area contributed by atoms with Gasteiger partial charge in [0, 0.05) is 11.6 Å². The van der Waals surface area contributed by atoms with E-state index in [4.69, 9.17) is 28.8 Å². The summed E-state index contributed by atoms with van der Waals surface area (Å²) in [7, 11) is 4.46. The van der Waals surface area contributed by atoms with E-state index in [1.807, 2.05) is 0 Å². The molecule has 0 radical (unpaired) electrons. The van der Waals surface area contributed by atoms with E-state index in [1.165, 1.54) is 45.6 Å². The lowest BCUT2D eigenvalue weighted by Crippen LogP contribution is -2.33. The second-order valence-corrected chi connectivity index (χ2v) is 6.48. The maximum atomic E-state index is 12.8. The number of amides is 1. The van der Waals surface area contributed by atoms with Crippen LogP contribution in [0.4, 0.5) is 0 Å². The number of rotatable bonds is 9. The Morgan fingerprint density at radius 1 is 1.06 bits per heavy atom. The van der Waals surface area contributed by atoms with Crippen molar-refractivity contribution in [1.29, 1.82) is 0 Å². The number of Topliss-reactive ketones (excluding diaryl/α,β-unsaturated/α-hetero) is 1. The van der Waals surface area contributed by atoms with Crippen LogP contribution in [0, 0.1) is 0 Å². The molecule has 1 aliphatic heterocycles. The molecule has 10 nitrogen and oxygen atoms in total. The molecular formula is C22H21NO9. The van der Waals surface area contributed by atoms with Crippen LogP contribution in [0.25, 0.3) is 6.08 Å². The fourth-order valence-electron chi connectivity index (χ4n) is 3.01.